The Bertz CT molecular complexity index is 427. The van der Waals surface area contributed by atoms with Gasteiger partial charge in [0.25, 0.3) is 0 Å². The van der Waals surface area contributed by atoms with Gasteiger partial charge < -0.3 is 10.1 Å². The quantitative estimate of drug-likeness (QED) is 0.870. The minimum Gasteiger partial charge on any atom is -0.493 e. The van der Waals surface area contributed by atoms with Crippen molar-refractivity contribution in [2.75, 3.05) is 13.2 Å². The molecule has 1 saturated heterocycles. The van der Waals surface area contributed by atoms with E-state index in [1.54, 1.807) is 6.07 Å². The number of aryl methyl sites for hydroxylation is 1. The smallest absolute Gasteiger partial charge is 0.130 e. The van der Waals surface area contributed by atoms with E-state index >= 15 is 0 Å². The molecule has 0 aromatic heterocycles. The van der Waals surface area contributed by atoms with Crippen LogP contribution >= 0.6 is 0 Å². The van der Waals surface area contributed by atoms with Gasteiger partial charge in [-0.15, -0.1) is 0 Å². The fourth-order valence-corrected chi connectivity index (χ4v) is 3.00. The van der Waals surface area contributed by atoms with Gasteiger partial charge in [0.05, 0.1) is 6.61 Å². The summed E-state index contributed by atoms with van der Waals surface area (Å²) in [7, 11) is 0. The van der Waals surface area contributed by atoms with E-state index in [0.29, 0.717) is 6.04 Å². The van der Waals surface area contributed by atoms with Crippen molar-refractivity contribution in [3.63, 3.8) is 0 Å². The summed E-state index contributed by atoms with van der Waals surface area (Å²) in [6.07, 6.45) is 6.44. The van der Waals surface area contributed by atoms with Gasteiger partial charge in [0.1, 0.15) is 11.6 Å². The molecule has 1 aromatic rings. The Morgan fingerprint density at radius 2 is 2.22 bits per heavy atom. The Balaban J connectivity index is 1.85. The maximum atomic E-state index is 14.0. The predicted octanol–water partition coefficient (Wildman–Crippen LogP) is 2.84. The van der Waals surface area contributed by atoms with Crippen LogP contribution in [0.1, 0.15) is 36.8 Å². The molecule has 98 valence electrons. The highest BCUT2D eigenvalue weighted by atomic mass is 19.1. The van der Waals surface area contributed by atoms with E-state index < -0.39 is 0 Å². The molecule has 1 atom stereocenters. The largest absolute Gasteiger partial charge is 0.493 e. The summed E-state index contributed by atoms with van der Waals surface area (Å²) >= 11 is 0. The number of nitrogens with one attached hydrogen (secondary N) is 1. The average molecular weight is 249 g/mol. The SMILES string of the molecule is Fc1ccc2c(c1CC1CCCCN1)OCCC2. The molecule has 0 spiro atoms. The first-order valence-electron chi connectivity index (χ1n) is 7.01. The molecule has 1 N–H and O–H groups in total. The van der Waals surface area contributed by atoms with Crippen molar-refractivity contribution in [1.82, 2.24) is 5.32 Å². The van der Waals surface area contributed by atoms with Crippen LogP contribution in [0.4, 0.5) is 4.39 Å². The predicted molar refractivity (Wildman–Crippen MR) is 69.6 cm³/mol. The summed E-state index contributed by atoms with van der Waals surface area (Å²) in [6, 6.07) is 3.89. The van der Waals surface area contributed by atoms with Crippen LogP contribution in [0.5, 0.6) is 5.75 Å². The number of ether oxygens (including phenoxy) is 1. The maximum absolute atomic E-state index is 14.0. The lowest BCUT2D eigenvalue weighted by Gasteiger charge is -2.26. The standard InChI is InChI=1S/C15H20FNO/c16-14-7-6-11-4-3-9-18-15(11)13(14)10-12-5-1-2-8-17-12/h6-7,12,17H,1-5,8-10H2. The van der Waals surface area contributed by atoms with Crippen molar-refractivity contribution in [2.45, 2.75) is 44.6 Å². The van der Waals surface area contributed by atoms with Crippen molar-refractivity contribution in [3.05, 3.63) is 29.1 Å². The zero-order valence-electron chi connectivity index (χ0n) is 10.7. The summed E-state index contributed by atoms with van der Waals surface area (Å²) < 4.78 is 19.7. The molecule has 2 aliphatic rings. The van der Waals surface area contributed by atoms with E-state index in [1.807, 2.05) is 6.07 Å². The fourth-order valence-electron chi connectivity index (χ4n) is 3.00. The zero-order chi connectivity index (χ0) is 12.4. The number of piperidine rings is 1. The lowest BCUT2D eigenvalue weighted by molar-refractivity contribution is 0.280. The highest BCUT2D eigenvalue weighted by Crippen LogP contribution is 2.32. The monoisotopic (exact) mass is 249 g/mol. The second kappa shape index (κ2) is 5.27. The van der Waals surface area contributed by atoms with Crippen molar-refractivity contribution in [2.24, 2.45) is 0 Å². The van der Waals surface area contributed by atoms with Crippen LogP contribution in [0.2, 0.25) is 0 Å². The van der Waals surface area contributed by atoms with Gasteiger partial charge in [0, 0.05) is 11.6 Å². The van der Waals surface area contributed by atoms with Crippen LogP contribution in [0.3, 0.4) is 0 Å². The minimum atomic E-state index is -0.108. The summed E-state index contributed by atoms with van der Waals surface area (Å²) in [5.41, 5.74) is 1.96. The summed E-state index contributed by atoms with van der Waals surface area (Å²) in [5, 5.41) is 3.48. The molecular weight excluding hydrogens is 229 g/mol. The van der Waals surface area contributed by atoms with Crippen LogP contribution in [0, 0.1) is 5.82 Å². The van der Waals surface area contributed by atoms with Crippen LogP contribution in [0.15, 0.2) is 12.1 Å². The Labute approximate surface area is 108 Å². The van der Waals surface area contributed by atoms with E-state index in [2.05, 4.69) is 5.32 Å². The van der Waals surface area contributed by atoms with Gasteiger partial charge in [-0.2, -0.15) is 0 Å². The minimum absolute atomic E-state index is 0.108. The summed E-state index contributed by atoms with van der Waals surface area (Å²) in [6.45, 7) is 1.78. The number of rotatable bonds is 2. The van der Waals surface area contributed by atoms with Crippen molar-refractivity contribution in [1.29, 1.82) is 0 Å². The van der Waals surface area contributed by atoms with Gasteiger partial charge in [0.15, 0.2) is 0 Å². The van der Waals surface area contributed by atoms with E-state index in [9.17, 15) is 4.39 Å². The number of halogens is 1. The van der Waals surface area contributed by atoms with E-state index in [-0.39, 0.29) is 5.82 Å². The van der Waals surface area contributed by atoms with E-state index in [1.165, 1.54) is 18.4 Å². The molecule has 2 aliphatic heterocycles. The van der Waals surface area contributed by atoms with Gasteiger partial charge >= 0.3 is 0 Å². The molecular formula is C15H20FNO. The normalized spacial score (nSPS) is 23.3. The molecule has 0 radical (unpaired) electrons. The maximum Gasteiger partial charge on any atom is 0.130 e. The Morgan fingerprint density at radius 3 is 3.06 bits per heavy atom. The highest BCUT2D eigenvalue weighted by molar-refractivity contribution is 5.44. The molecule has 1 unspecified atom stereocenters. The summed E-state index contributed by atoms with van der Waals surface area (Å²) in [5.74, 6) is 0.719. The summed E-state index contributed by atoms with van der Waals surface area (Å²) in [4.78, 5) is 0. The molecule has 1 fully saturated rings. The van der Waals surface area contributed by atoms with Crippen molar-refractivity contribution in [3.8, 4) is 5.75 Å². The molecule has 0 saturated carbocycles. The van der Waals surface area contributed by atoms with E-state index in [4.69, 9.17) is 4.74 Å². The average Bonchev–Trinajstić information content (AvgIpc) is 2.43. The molecule has 3 heteroatoms. The lowest BCUT2D eigenvalue weighted by Crippen LogP contribution is -2.36. The first-order valence-corrected chi connectivity index (χ1v) is 7.01. The molecule has 0 bridgehead atoms. The molecule has 1 aromatic carbocycles. The van der Waals surface area contributed by atoms with Crippen LogP contribution < -0.4 is 10.1 Å². The zero-order valence-corrected chi connectivity index (χ0v) is 10.7. The molecule has 0 amide bonds. The molecule has 18 heavy (non-hydrogen) atoms. The second-order valence-corrected chi connectivity index (χ2v) is 5.32. The topological polar surface area (TPSA) is 21.3 Å². The third-order valence-corrected chi connectivity index (χ3v) is 3.98. The van der Waals surface area contributed by atoms with E-state index in [0.717, 1.165) is 50.1 Å². The third kappa shape index (κ3) is 2.37. The number of benzene rings is 1. The Morgan fingerprint density at radius 1 is 1.28 bits per heavy atom. The van der Waals surface area contributed by atoms with Gasteiger partial charge in [-0.05, 0) is 50.3 Å². The lowest BCUT2D eigenvalue weighted by atomic mass is 9.94. The molecule has 0 aliphatic carbocycles. The van der Waals surface area contributed by atoms with Crippen molar-refractivity contribution < 1.29 is 9.13 Å². The first-order chi connectivity index (χ1) is 8.84. The van der Waals surface area contributed by atoms with Crippen LogP contribution in [0.25, 0.3) is 0 Å². The van der Waals surface area contributed by atoms with Crippen molar-refractivity contribution >= 4 is 0 Å². The first kappa shape index (κ1) is 12.0. The van der Waals surface area contributed by atoms with Gasteiger partial charge in [0.2, 0.25) is 0 Å². The third-order valence-electron chi connectivity index (χ3n) is 3.98. The Hall–Kier alpha value is -1.09. The second-order valence-electron chi connectivity index (χ2n) is 5.32. The molecule has 3 rings (SSSR count). The number of hydrogen-bond acceptors (Lipinski definition) is 2. The van der Waals surface area contributed by atoms with Crippen LogP contribution in [-0.2, 0) is 12.8 Å². The number of fused-ring (bicyclic) bond motifs is 1. The fraction of sp³-hybridized carbons (Fsp3) is 0.600. The van der Waals surface area contributed by atoms with Gasteiger partial charge in [-0.25, -0.2) is 4.39 Å². The van der Waals surface area contributed by atoms with Crippen LogP contribution in [-0.4, -0.2) is 19.2 Å². The Kier molecular flexibility index (Phi) is 3.50. The van der Waals surface area contributed by atoms with Gasteiger partial charge in [-0.3, -0.25) is 0 Å². The molecule has 2 heterocycles. The van der Waals surface area contributed by atoms with Gasteiger partial charge in [-0.1, -0.05) is 12.5 Å². The molecule has 2 nitrogen and oxygen atoms in total. The number of hydrogen-bond donors (Lipinski definition) is 1. The highest BCUT2D eigenvalue weighted by Gasteiger charge is 2.22.